The van der Waals surface area contributed by atoms with Crippen molar-refractivity contribution in [2.24, 2.45) is 0 Å². The monoisotopic (exact) mass is 197 g/mol. The highest BCUT2D eigenvalue weighted by Gasteiger charge is 2.11. The van der Waals surface area contributed by atoms with Crippen molar-refractivity contribution in [2.45, 2.75) is 13.0 Å². The second-order valence-electron chi connectivity index (χ2n) is 1.94. The van der Waals surface area contributed by atoms with Gasteiger partial charge in [-0.2, -0.15) is 3.71 Å². The van der Waals surface area contributed by atoms with Crippen LogP contribution in [0.4, 0.5) is 4.79 Å². The summed E-state index contributed by atoms with van der Waals surface area (Å²) in [6.45, 7) is 2.08. The molecule has 0 fully saturated rings. The van der Waals surface area contributed by atoms with Gasteiger partial charge in [0.15, 0.2) is 0 Å². The second-order valence-corrected chi connectivity index (χ2v) is 3.05. The molecular formula is C5H11NO3S2. The summed E-state index contributed by atoms with van der Waals surface area (Å²) in [5, 5.41) is 0. The molecule has 0 bridgehead atoms. The van der Waals surface area contributed by atoms with Gasteiger partial charge >= 0.3 is 6.09 Å². The lowest BCUT2D eigenvalue weighted by atomic mass is 10.4. The van der Waals surface area contributed by atoms with E-state index in [1.54, 1.807) is 6.92 Å². The highest BCUT2D eigenvalue weighted by Crippen LogP contribution is 2.03. The Balaban J connectivity index is 3.57. The summed E-state index contributed by atoms with van der Waals surface area (Å²) in [7, 11) is 1.53. The van der Waals surface area contributed by atoms with Gasteiger partial charge in [-0.25, -0.2) is 4.79 Å². The molecule has 0 aromatic carbocycles. The van der Waals surface area contributed by atoms with Crippen LogP contribution in [0.15, 0.2) is 0 Å². The van der Waals surface area contributed by atoms with E-state index >= 15 is 0 Å². The number of ether oxygens (including phenoxy) is 2. The molecule has 0 aliphatic carbocycles. The first-order valence-electron chi connectivity index (χ1n) is 2.95. The molecule has 0 saturated heterocycles. The summed E-state index contributed by atoms with van der Waals surface area (Å²) in [6, 6.07) is 0. The lowest BCUT2D eigenvalue weighted by Crippen LogP contribution is -2.23. The maximum absolute atomic E-state index is 10.7. The van der Waals surface area contributed by atoms with Gasteiger partial charge < -0.3 is 9.47 Å². The van der Waals surface area contributed by atoms with Gasteiger partial charge in [0, 0.05) is 7.11 Å². The third-order valence-electron chi connectivity index (χ3n) is 0.867. The van der Waals surface area contributed by atoms with E-state index in [1.165, 1.54) is 7.11 Å². The fourth-order valence-electron chi connectivity index (χ4n) is 0.488. The number of carbonyl (C=O) groups is 1. The molecule has 0 spiro atoms. The van der Waals surface area contributed by atoms with Crippen LogP contribution >= 0.6 is 25.6 Å². The molecule has 0 saturated carbocycles. The first-order chi connectivity index (χ1) is 5.07. The SMILES string of the molecule is COC[C@@H](C)OC(=O)N(S)S. The molecule has 0 N–H and O–H groups in total. The van der Waals surface area contributed by atoms with Gasteiger partial charge in [-0.15, -0.1) is 0 Å². The number of thiol groups is 2. The molecule has 0 aromatic heterocycles. The lowest BCUT2D eigenvalue weighted by Gasteiger charge is -2.13. The summed E-state index contributed by atoms with van der Waals surface area (Å²) < 4.78 is 10.3. The minimum Gasteiger partial charge on any atom is -0.443 e. The molecule has 0 aliphatic heterocycles. The summed E-state index contributed by atoms with van der Waals surface area (Å²) in [5.41, 5.74) is 0. The number of nitrogens with zero attached hydrogens (tertiary/aromatic N) is 1. The average molecular weight is 197 g/mol. The van der Waals surface area contributed by atoms with Gasteiger partial charge in [0.1, 0.15) is 6.10 Å². The standard InChI is InChI=1S/C5H11NO3S2/c1-4(3-8-2)9-5(7)6(10)11/h4,10-11H,3H2,1-2H3/t4-/m1/s1. The Morgan fingerprint density at radius 1 is 1.64 bits per heavy atom. The molecule has 4 nitrogen and oxygen atoms in total. The van der Waals surface area contributed by atoms with Gasteiger partial charge in [-0.05, 0) is 32.6 Å². The average Bonchev–Trinajstić information content (AvgIpc) is 1.87. The summed E-state index contributed by atoms with van der Waals surface area (Å²) in [4.78, 5) is 10.7. The van der Waals surface area contributed by atoms with Crippen molar-refractivity contribution in [1.29, 1.82) is 0 Å². The van der Waals surface area contributed by atoms with Crippen LogP contribution in [0.2, 0.25) is 0 Å². The third-order valence-corrected chi connectivity index (χ3v) is 1.19. The second kappa shape index (κ2) is 5.56. The molecule has 0 radical (unpaired) electrons. The molecule has 66 valence electrons. The minimum atomic E-state index is -0.610. The highest BCUT2D eigenvalue weighted by molar-refractivity contribution is 7.94. The van der Waals surface area contributed by atoms with Gasteiger partial charge in [0.25, 0.3) is 0 Å². The van der Waals surface area contributed by atoms with Gasteiger partial charge in [-0.1, -0.05) is 0 Å². The quantitative estimate of drug-likeness (QED) is 0.667. The fraction of sp³-hybridized carbons (Fsp3) is 0.800. The molecule has 0 aromatic rings. The van der Waals surface area contributed by atoms with E-state index < -0.39 is 6.09 Å². The zero-order valence-electron chi connectivity index (χ0n) is 6.35. The summed E-state index contributed by atoms with van der Waals surface area (Å²) in [6.07, 6.45) is -0.893. The van der Waals surface area contributed by atoms with E-state index in [-0.39, 0.29) is 6.10 Å². The normalized spacial score (nSPS) is 12.4. The van der Waals surface area contributed by atoms with Crippen LogP contribution in [0.1, 0.15) is 6.92 Å². The van der Waals surface area contributed by atoms with E-state index in [0.29, 0.717) is 6.61 Å². The topological polar surface area (TPSA) is 38.8 Å². The molecule has 1 amide bonds. The maximum atomic E-state index is 10.7. The van der Waals surface area contributed by atoms with Crippen molar-refractivity contribution in [3.05, 3.63) is 0 Å². The number of methoxy groups -OCH3 is 1. The van der Waals surface area contributed by atoms with Gasteiger partial charge in [-0.3, -0.25) is 0 Å². The first kappa shape index (κ1) is 10.9. The molecule has 1 atom stereocenters. The number of hydrogen-bond donors (Lipinski definition) is 2. The van der Waals surface area contributed by atoms with Crippen molar-refractivity contribution in [2.75, 3.05) is 13.7 Å². The Morgan fingerprint density at radius 3 is 2.55 bits per heavy atom. The first-order valence-corrected chi connectivity index (χ1v) is 3.75. The Labute approximate surface area is 76.9 Å². The van der Waals surface area contributed by atoms with Crippen LogP contribution in [0.25, 0.3) is 0 Å². The van der Waals surface area contributed by atoms with Crippen LogP contribution in [-0.2, 0) is 9.47 Å². The minimum absolute atomic E-state index is 0.283. The van der Waals surface area contributed by atoms with Gasteiger partial charge in [0.05, 0.1) is 6.61 Å². The van der Waals surface area contributed by atoms with Crippen molar-refractivity contribution in [3.63, 3.8) is 0 Å². The Hall–Kier alpha value is -0.0700. The van der Waals surface area contributed by atoms with Gasteiger partial charge in [0.2, 0.25) is 0 Å². The Bertz CT molecular complexity index is 131. The predicted molar refractivity (Wildman–Crippen MR) is 47.6 cm³/mol. The molecule has 0 unspecified atom stereocenters. The number of amides is 1. The van der Waals surface area contributed by atoms with Crippen LogP contribution in [0.5, 0.6) is 0 Å². The third kappa shape index (κ3) is 5.23. The van der Waals surface area contributed by atoms with Crippen molar-refractivity contribution in [3.8, 4) is 0 Å². The van der Waals surface area contributed by atoms with Crippen LogP contribution in [0.3, 0.4) is 0 Å². The van der Waals surface area contributed by atoms with Crippen molar-refractivity contribution in [1.82, 2.24) is 3.71 Å². The molecule has 0 rings (SSSR count). The lowest BCUT2D eigenvalue weighted by molar-refractivity contribution is 0.0471. The summed E-state index contributed by atoms with van der Waals surface area (Å²) in [5.74, 6) is 0. The van der Waals surface area contributed by atoms with Crippen LogP contribution in [0, 0.1) is 0 Å². The van der Waals surface area contributed by atoms with E-state index in [9.17, 15) is 4.79 Å². The largest absolute Gasteiger partial charge is 0.443 e. The van der Waals surface area contributed by atoms with Crippen molar-refractivity contribution < 1.29 is 14.3 Å². The van der Waals surface area contributed by atoms with E-state index in [0.717, 1.165) is 3.71 Å². The van der Waals surface area contributed by atoms with Crippen LogP contribution in [-0.4, -0.2) is 29.6 Å². The number of rotatable bonds is 3. The highest BCUT2D eigenvalue weighted by atomic mass is 32.2. The van der Waals surface area contributed by atoms with E-state index in [2.05, 4.69) is 25.6 Å². The van der Waals surface area contributed by atoms with E-state index in [4.69, 9.17) is 9.47 Å². The summed E-state index contributed by atoms with van der Waals surface area (Å²) >= 11 is 7.24. The molecule has 0 aliphatic rings. The molecule has 0 heterocycles. The zero-order valence-corrected chi connectivity index (χ0v) is 8.14. The molecular weight excluding hydrogens is 186 g/mol. The molecule has 6 heteroatoms. The number of carbonyl (C=O) groups excluding carboxylic acids is 1. The Morgan fingerprint density at radius 2 is 2.18 bits per heavy atom. The predicted octanol–water partition coefficient (Wildman–Crippen LogP) is 1.15. The smallest absolute Gasteiger partial charge is 0.430 e. The maximum Gasteiger partial charge on any atom is 0.430 e. The fourth-order valence-corrected chi connectivity index (χ4v) is 0.582. The van der Waals surface area contributed by atoms with Crippen LogP contribution < -0.4 is 0 Å². The molecule has 11 heavy (non-hydrogen) atoms. The van der Waals surface area contributed by atoms with Crippen molar-refractivity contribution >= 4 is 31.7 Å². The zero-order chi connectivity index (χ0) is 8.85. The number of hydrogen-bond acceptors (Lipinski definition) is 5. The van der Waals surface area contributed by atoms with E-state index in [1.807, 2.05) is 0 Å². The Kier molecular flexibility index (Phi) is 5.53.